The fourth-order valence-corrected chi connectivity index (χ4v) is 0.894. The Balaban J connectivity index is 2.28. The Morgan fingerprint density at radius 1 is 1.67 bits per heavy atom. The van der Waals surface area contributed by atoms with Crippen molar-refractivity contribution in [2.75, 3.05) is 0 Å². The van der Waals surface area contributed by atoms with Gasteiger partial charge in [-0.25, -0.2) is 0 Å². The molecule has 12 heavy (non-hydrogen) atoms. The first kappa shape index (κ1) is 8.54. The molecule has 0 bridgehead atoms. The number of aryl methyl sites for hydroxylation is 1. The molecule has 0 saturated heterocycles. The number of ketones is 1. The highest BCUT2D eigenvalue weighted by Crippen LogP contribution is 2.04. The summed E-state index contributed by atoms with van der Waals surface area (Å²) in [5.74, 6) is 0.759. The third-order valence-corrected chi connectivity index (χ3v) is 1.51. The Hall–Kier alpha value is -1.56. The molecular formula is C9H9NO2. The molecule has 0 N–H and O–H groups in total. The minimum Gasteiger partial charge on any atom is -0.469 e. The Morgan fingerprint density at radius 3 is 3.08 bits per heavy atom. The molecule has 1 rings (SSSR count). The number of carbonyl (C=O) groups excluding carboxylic acids is 1. The predicted octanol–water partition coefficient (Wildman–Crippen LogP) is 1.69. The first-order valence-corrected chi connectivity index (χ1v) is 3.74. The maximum atomic E-state index is 10.9. The highest BCUT2D eigenvalue weighted by molar-refractivity contribution is 5.80. The minimum absolute atomic E-state index is 0.000703. The number of rotatable bonds is 4. The van der Waals surface area contributed by atoms with Gasteiger partial charge in [0.05, 0.1) is 18.8 Å². The molecular weight excluding hydrogens is 154 g/mol. The molecule has 3 nitrogen and oxygen atoms in total. The fourth-order valence-electron chi connectivity index (χ4n) is 0.894. The first-order chi connectivity index (χ1) is 5.83. The first-order valence-electron chi connectivity index (χ1n) is 3.74. The molecule has 0 saturated carbocycles. The quantitative estimate of drug-likeness (QED) is 0.678. The van der Waals surface area contributed by atoms with Crippen LogP contribution >= 0.6 is 0 Å². The number of furan rings is 1. The second-order valence-corrected chi connectivity index (χ2v) is 2.45. The second kappa shape index (κ2) is 4.35. The van der Waals surface area contributed by atoms with Crippen molar-refractivity contribution in [3.63, 3.8) is 0 Å². The van der Waals surface area contributed by atoms with Crippen LogP contribution in [0, 0.1) is 11.3 Å². The Labute approximate surface area is 70.6 Å². The van der Waals surface area contributed by atoms with E-state index in [2.05, 4.69) is 0 Å². The maximum absolute atomic E-state index is 10.9. The van der Waals surface area contributed by atoms with Crippen molar-refractivity contribution in [3.05, 3.63) is 24.2 Å². The molecule has 1 heterocycles. The predicted molar refractivity (Wildman–Crippen MR) is 42.3 cm³/mol. The zero-order valence-corrected chi connectivity index (χ0v) is 6.62. The Morgan fingerprint density at radius 2 is 2.50 bits per heavy atom. The van der Waals surface area contributed by atoms with E-state index in [1.807, 2.05) is 12.1 Å². The van der Waals surface area contributed by atoms with Gasteiger partial charge in [0.25, 0.3) is 0 Å². The van der Waals surface area contributed by atoms with E-state index < -0.39 is 0 Å². The van der Waals surface area contributed by atoms with Gasteiger partial charge < -0.3 is 4.42 Å². The minimum atomic E-state index is -0.0334. The van der Waals surface area contributed by atoms with E-state index in [9.17, 15) is 4.79 Å². The molecule has 0 unspecified atom stereocenters. The van der Waals surface area contributed by atoms with Crippen molar-refractivity contribution in [1.82, 2.24) is 0 Å². The highest BCUT2D eigenvalue weighted by atomic mass is 16.3. The van der Waals surface area contributed by atoms with Crippen molar-refractivity contribution in [2.45, 2.75) is 19.3 Å². The van der Waals surface area contributed by atoms with Gasteiger partial charge in [-0.3, -0.25) is 4.79 Å². The lowest BCUT2D eigenvalue weighted by molar-refractivity contribution is -0.118. The summed E-state index contributed by atoms with van der Waals surface area (Å²) in [5.41, 5.74) is 0. The lowest BCUT2D eigenvalue weighted by Gasteiger charge is -1.92. The van der Waals surface area contributed by atoms with Gasteiger partial charge in [0.1, 0.15) is 11.5 Å². The smallest absolute Gasteiger partial charge is 0.147 e. The van der Waals surface area contributed by atoms with Crippen molar-refractivity contribution >= 4 is 5.78 Å². The average molecular weight is 163 g/mol. The summed E-state index contributed by atoms with van der Waals surface area (Å²) >= 11 is 0. The van der Waals surface area contributed by atoms with Gasteiger partial charge in [-0.05, 0) is 12.1 Å². The molecule has 0 aliphatic rings. The van der Waals surface area contributed by atoms with Crippen LogP contribution in [-0.2, 0) is 11.2 Å². The zero-order chi connectivity index (χ0) is 8.81. The van der Waals surface area contributed by atoms with Crippen molar-refractivity contribution < 1.29 is 9.21 Å². The molecule has 0 aliphatic carbocycles. The van der Waals surface area contributed by atoms with E-state index in [0.29, 0.717) is 12.8 Å². The van der Waals surface area contributed by atoms with Gasteiger partial charge >= 0.3 is 0 Å². The van der Waals surface area contributed by atoms with Gasteiger partial charge in [0.2, 0.25) is 0 Å². The zero-order valence-electron chi connectivity index (χ0n) is 6.62. The van der Waals surface area contributed by atoms with Crippen LogP contribution in [0.25, 0.3) is 0 Å². The summed E-state index contributed by atoms with van der Waals surface area (Å²) in [6, 6.07) is 5.42. The molecule has 0 fully saturated rings. The average Bonchev–Trinajstić information content (AvgIpc) is 2.53. The standard InChI is InChI=1S/C9H9NO2/c10-6-5-8(11)3-4-9-2-1-7-12-9/h1-2,7H,3-5H2. The molecule has 0 atom stereocenters. The third kappa shape index (κ3) is 2.59. The molecule has 62 valence electrons. The van der Waals surface area contributed by atoms with Crippen LogP contribution in [0.2, 0.25) is 0 Å². The number of carbonyl (C=O) groups is 1. The van der Waals surface area contributed by atoms with Crippen LogP contribution in [0.15, 0.2) is 22.8 Å². The highest BCUT2D eigenvalue weighted by Gasteiger charge is 2.02. The normalized spacial score (nSPS) is 9.25. The van der Waals surface area contributed by atoms with Crippen molar-refractivity contribution in [2.24, 2.45) is 0 Å². The summed E-state index contributed by atoms with van der Waals surface area (Å²) in [4.78, 5) is 10.9. The van der Waals surface area contributed by atoms with Crippen LogP contribution in [0.1, 0.15) is 18.6 Å². The van der Waals surface area contributed by atoms with Crippen LogP contribution in [0.5, 0.6) is 0 Å². The molecule has 0 spiro atoms. The van der Waals surface area contributed by atoms with Gasteiger partial charge in [0.15, 0.2) is 0 Å². The van der Waals surface area contributed by atoms with Crippen LogP contribution in [-0.4, -0.2) is 5.78 Å². The summed E-state index contributed by atoms with van der Waals surface area (Å²) in [6.45, 7) is 0. The summed E-state index contributed by atoms with van der Waals surface area (Å²) in [7, 11) is 0. The molecule has 1 aromatic rings. The van der Waals surface area contributed by atoms with Crippen molar-refractivity contribution in [3.8, 4) is 6.07 Å². The van der Waals surface area contributed by atoms with E-state index in [-0.39, 0.29) is 12.2 Å². The molecule has 0 aliphatic heterocycles. The van der Waals surface area contributed by atoms with Crippen molar-refractivity contribution in [1.29, 1.82) is 5.26 Å². The fraction of sp³-hybridized carbons (Fsp3) is 0.333. The summed E-state index contributed by atoms with van der Waals surface area (Å²) < 4.78 is 5.03. The second-order valence-electron chi connectivity index (χ2n) is 2.45. The molecule has 0 aromatic carbocycles. The molecule has 0 radical (unpaired) electrons. The van der Waals surface area contributed by atoms with E-state index in [1.54, 1.807) is 12.3 Å². The lowest BCUT2D eigenvalue weighted by Crippen LogP contribution is -1.97. The SMILES string of the molecule is N#CCC(=O)CCc1ccco1. The van der Waals surface area contributed by atoms with Crippen LogP contribution in [0.3, 0.4) is 0 Å². The van der Waals surface area contributed by atoms with E-state index >= 15 is 0 Å². The molecule has 1 aromatic heterocycles. The third-order valence-electron chi connectivity index (χ3n) is 1.51. The summed E-state index contributed by atoms with van der Waals surface area (Å²) in [6.07, 6.45) is 2.55. The number of hydrogen-bond donors (Lipinski definition) is 0. The number of nitrogens with zero attached hydrogens (tertiary/aromatic N) is 1. The van der Waals surface area contributed by atoms with Crippen LogP contribution < -0.4 is 0 Å². The van der Waals surface area contributed by atoms with E-state index in [0.717, 1.165) is 5.76 Å². The maximum Gasteiger partial charge on any atom is 0.147 e. The summed E-state index contributed by atoms with van der Waals surface area (Å²) in [5, 5.41) is 8.20. The lowest BCUT2D eigenvalue weighted by atomic mass is 10.1. The Kier molecular flexibility index (Phi) is 3.09. The number of nitriles is 1. The topological polar surface area (TPSA) is 54.0 Å². The van der Waals surface area contributed by atoms with Gasteiger partial charge in [-0.15, -0.1) is 0 Å². The largest absolute Gasteiger partial charge is 0.469 e. The van der Waals surface area contributed by atoms with Gasteiger partial charge in [-0.2, -0.15) is 5.26 Å². The van der Waals surface area contributed by atoms with Crippen LogP contribution in [0.4, 0.5) is 0 Å². The Bertz CT molecular complexity index is 282. The van der Waals surface area contributed by atoms with E-state index in [1.165, 1.54) is 0 Å². The monoisotopic (exact) mass is 163 g/mol. The van der Waals surface area contributed by atoms with E-state index in [4.69, 9.17) is 9.68 Å². The number of Topliss-reactive ketones (excluding diaryl/α,β-unsaturated/α-hetero) is 1. The van der Waals surface area contributed by atoms with Gasteiger partial charge in [-0.1, -0.05) is 0 Å². The van der Waals surface area contributed by atoms with Gasteiger partial charge in [0, 0.05) is 12.8 Å². The molecule has 3 heteroatoms. The number of hydrogen-bond acceptors (Lipinski definition) is 3. The molecule has 0 amide bonds.